The van der Waals surface area contributed by atoms with Crippen molar-refractivity contribution in [1.29, 1.82) is 0 Å². The van der Waals surface area contributed by atoms with Crippen LogP contribution in [0, 0.1) is 12.7 Å². The van der Waals surface area contributed by atoms with Crippen molar-refractivity contribution in [2.24, 2.45) is 0 Å². The van der Waals surface area contributed by atoms with Crippen LogP contribution in [0.2, 0.25) is 0 Å². The Hall–Kier alpha value is -3.28. The molecule has 5 nitrogen and oxygen atoms in total. The Labute approximate surface area is 156 Å². The first kappa shape index (κ1) is 17.1. The SMILES string of the molecule is Cc1nc(Nc2cccc(F)c2)c2cnn(CC(C)c3ccccc3)c2n1. The monoisotopic (exact) mass is 361 g/mol. The molecule has 0 amide bonds. The van der Waals surface area contributed by atoms with Gasteiger partial charge in [0, 0.05) is 18.2 Å². The summed E-state index contributed by atoms with van der Waals surface area (Å²) in [6.45, 7) is 4.72. The average Bonchev–Trinajstić information content (AvgIpc) is 3.05. The first-order valence-electron chi connectivity index (χ1n) is 8.88. The number of benzene rings is 2. The van der Waals surface area contributed by atoms with Gasteiger partial charge in [0.1, 0.15) is 17.5 Å². The Bertz CT molecular complexity index is 1070. The van der Waals surface area contributed by atoms with Crippen molar-refractivity contribution in [2.45, 2.75) is 26.3 Å². The molecule has 136 valence electrons. The molecule has 1 N–H and O–H groups in total. The smallest absolute Gasteiger partial charge is 0.163 e. The summed E-state index contributed by atoms with van der Waals surface area (Å²) in [5.41, 5.74) is 2.66. The van der Waals surface area contributed by atoms with E-state index in [1.165, 1.54) is 17.7 Å². The Morgan fingerprint density at radius 1 is 1.07 bits per heavy atom. The minimum atomic E-state index is -0.297. The fourth-order valence-corrected chi connectivity index (χ4v) is 3.14. The molecular formula is C21H20FN5. The van der Waals surface area contributed by atoms with Crippen molar-refractivity contribution in [3.8, 4) is 0 Å². The van der Waals surface area contributed by atoms with E-state index in [4.69, 9.17) is 0 Å². The largest absolute Gasteiger partial charge is 0.339 e. The van der Waals surface area contributed by atoms with E-state index in [0.29, 0.717) is 29.8 Å². The van der Waals surface area contributed by atoms with Gasteiger partial charge in [-0.3, -0.25) is 0 Å². The van der Waals surface area contributed by atoms with Gasteiger partial charge in [-0.25, -0.2) is 19.0 Å². The summed E-state index contributed by atoms with van der Waals surface area (Å²) in [5.74, 6) is 1.26. The van der Waals surface area contributed by atoms with Crippen molar-refractivity contribution >= 4 is 22.5 Å². The van der Waals surface area contributed by atoms with Crippen molar-refractivity contribution in [2.75, 3.05) is 5.32 Å². The molecule has 1 unspecified atom stereocenters. The average molecular weight is 361 g/mol. The number of hydrogen-bond acceptors (Lipinski definition) is 4. The highest BCUT2D eigenvalue weighted by atomic mass is 19.1. The van der Waals surface area contributed by atoms with Gasteiger partial charge >= 0.3 is 0 Å². The van der Waals surface area contributed by atoms with Crippen LogP contribution in [0.1, 0.15) is 24.2 Å². The minimum Gasteiger partial charge on any atom is -0.339 e. The van der Waals surface area contributed by atoms with Crippen LogP contribution in [-0.4, -0.2) is 19.7 Å². The van der Waals surface area contributed by atoms with Gasteiger partial charge < -0.3 is 5.32 Å². The molecule has 1 atom stereocenters. The summed E-state index contributed by atoms with van der Waals surface area (Å²) in [5, 5.41) is 8.51. The van der Waals surface area contributed by atoms with E-state index in [1.807, 2.05) is 29.8 Å². The molecule has 6 heteroatoms. The highest BCUT2D eigenvalue weighted by molar-refractivity contribution is 5.88. The Morgan fingerprint density at radius 2 is 1.89 bits per heavy atom. The molecule has 0 saturated heterocycles. The van der Waals surface area contributed by atoms with Gasteiger partial charge in [-0.15, -0.1) is 0 Å². The van der Waals surface area contributed by atoms with Gasteiger partial charge in [0.15, 0.2) is 5.65 Å². The van der Waals surface area contributed by atoms with Crippen LogP contribution in [0.25, 0.3) is 11.0 Å². The number of halogens is 1. The van der Waals surface area contributed by atoms with E-state index in [2.05, 4.69) is 39.4 Å². The van der Waals surface area contributed by atoms with Crippen molar-refractivity contribution < 1.29 is 4.39 Å². The van der Waals surface area contributed by atoms with Crippen LogP contribution in [0.4, 0.5) is 15.9 Å². The summed E-state index contributed by atoms with van der Waals surface area (Å²) < 4.78 is 15.4. The fraction of sp³-hybridized carbons (Fsp3) is 0.190. The zero-order valence-electron chi connectivity index (χ0n) is 15.2. The molecule has 4 rings (SSSR count). The third-order valence-electron chi connectivity index (χ3n) is 4.51. The van der Waals surface area contributed by atoms with Crippen molar-refractivity contribution in [3.05, 3.63) is 78.0 Å². The third kappa shape index (κ3) is 3.65. The van der Waals surface area contributed by atoms with Crippen LogP contribution in [-0.2, 0) is 6.54 Å². The molecule has 0 bridgehead atoms. The van der Waals surface area contributed by atoms with Gasteiger partial charge in [0.25, 0.3) is 0 Å². The number of aromatic nitrogens is 4. The lowest BCUT2D eigenvalue weighted by atomic mass is 10.0. The Balaban J connectivity index is 1.67. The summed E-state index contributed by atoms with van der Waals surface area (Å²) in [7, 11) is 0. The van der Waals surface area contributed by atoms with E-state index >= 15 is 0 Å². The highest BCUT2D eigenvalue weighted by Crippen LogP contribution is 2.26. The maximum absolute atomic E-state index is 13.5. The summed E-state index contributed by atoms with van der Waals surface area (Å²) in [6.07, 6.45) is 1.76. The normalized spacial score (nSPS) is 12.3. The molecule has 2 aromatic carbocycles. The molecule has 2 aromatic heterocycles. The highest BCUT2D eigenvalue weighted by Gasteiger charge is 2.14. The quantitative estimate of drug-likeness (QED) is 0.554. The lowest BCUT2D eigenvalue weighted by Gasteiger charge is -2.13. The van der Waals surface area contributed by atoms with Crippen molar-refractivity contribution in [1.82, 2.24) is 19.7 Å². The zero-order valence-corrected chi connectivity index (χ0v) is 15.2. The zero-order chi connectivity index (χ0) is 18.8. The van der Waals surface area contributed by atoms with Gasteiger partial charge in [-0.1, -0.05) is 43.3 Å². The molecule has 0 aliphatic carbocycles. The molecule has 0 saturated carbocycles. The van der Waals surface area contributed by atoms with Crippen LogP contribution in [0.5, 0.6) is 0 Å². The predicted molar refractivity (Wildman–Crippen MR) is 105 cm³/mol. The van der Waals surface area contributed by atoms with E-state index in [9.17, 15) is 4.39 Å². The van der Waals surface area contributed by atoms with E-state index in [1.54, 1.807) is 18.3 Å². The number of nitrogens with zero attached hydrogens (tertiary/aromatic N) is 4. The molecule has 0 spiro atoms. The number of rotatable bonds is 5. The summed E-state index contributed by atoms with van der Waals surface area (Å²) in [6, 6.07) is 16.6. The molecule has 4 aromatic rings. The van der Waals surface area contributed by atoms with Crippen LogP contribution >= 0.6 is 0 Å². The Morgan fingerprint density at radius 3 is 2.67 bits per heavy atom. The van der Waals surface area contributed by atoms with Crippen molar-refractivity contribution in [3.63, 3.8) is 0 Å². The molecular weight excluding hydrogens is 341 g/mol. The number of aryl methyl sites for hydroxylation is 1. The van der Waals surface area contributed by atoms with E-state index in [0.717, 1.165) is 11.0 Å². The minimum absolute atomic E-state index is 0.296. The van der Waals surface area contributed by atoms with Gasteiger partial charge in [0.05, 0.1) is 11.6 Å². The van der Waals surface area contributed by atoms with Gasteiger partial charge in [0.2, 0.25) is 0 Å². The molecule has 0 radical (unpaired) electrons. The fourth-order valence-electron chi connectivity index (χ4n) is 3.14. The molecule has 0 fully saturated rings. The van der Waals surface area contributed by atoms with Gasteiger partial charge in [-0.2, -0.15) is 5.10 Å². The number of nitrogens with one attached hydrogen (secondary N) is 1. The lowest BCUT2D eigenvalue weighted by molar-refractivity contribution is 0.554. The number of anilines is 2. The first-order chi connectivity index (χ1) is 13.1. The standard InChI is InChI=1S/C21H20FN5/c1-14(16-7-4-3-5-8-16)13-27-21-19(12-23-27)20(24-15(2)25-21)26-18-10-6-9-17(22)11-18/h3-12,14H,13H2,1-2H3,(H,24,25,26). The summed E-state index contributed by atoms with van der Waals surface area (Å²) >= 11 is 0. The Kier molecular flexibility index (Phi) is 4.54. The molecule has 0 aliphatic rings. The van der Waals surface area contributed by atoms with E-state index < -0.39 is 0 Å². The second kappa shape index (κ2) is 7.15. The predicted octanol–water partition coefficient (Wildman–Crippen LogP) is 4.82. The second-order valence-electron chi connectivity index (χ2n) is 6.63. The first-order valence-corrected chi connectivity index (χ1v) is 8.88. The van der Waals surface area contributed by atoms with Crippen LogP contribution < -0.4 is 5.32 Å². The number of fused-ring (bicyclic) bond motifs is 1. The molecule has 2 heterocycles. The van der Waals surface area contributed by atoms with E-state index in [-0.39, 0.29) is 5.82 Å². The molecule has 27 heavy (non-hydrogen) atoms. The lowest BCUT2D eigenvalue weighted by Crippen LogP contribution is -2.09. The van der Waals surface area contributed by atoms with Crippen LogP contribution in [0.15, 0.2) is 60.8 Å². The summed E-state index contributed by atoms with van der Waals surface area (Å²) in [4.78, 5) is 9.06. The molecule has 0 aliphatic heterocycles. The van der Waals surface area contributed by atoms with Crippen LogP contribution in [0.3, 0.4) is 0 Å². The number of hydrogen-bond donors (Lipinski definition) is 1. The maximum atomic E-state index is 13.5. The second-order valence-corrected chi connectivity index (χ2v) is 6.63. The maximum Gasteiger partial charge on any atom is 0.163 e. The topological polar surface area (TPSA) is 55.6 Å². The third-order valence-corrected chi connectivity index (χ3v) is 4.51. The van der Waals surface area contributed by atoms with Gasteiger partial charge in [-0.05, 0) is 30.7 Å².